The number of H-pyrrole nitrogens is 1. The number of benzene rings is 1. The number of ether oxygens (including phenoxy) is 2. The van der Waals surface area contributed by atoms with Crippen molar-refractivity contribution in [1.29, 1.82) is 0 Å². The van der Waals surface area contributed by atoms with Crippen molar-refractivity contribution in [3.63, 3.8) is 0 Å². The minimum absolute atomic E-state index is 0.00149. The Balaban J connectivity index is 1.51. The second-order valence-electron chi connectivity index (χ2n) is 7.44. The molecule has 0 bridgehead atoms. The maximum atomic E-state index is 12.6. The molecule has 1 amide bonds. The van der Waals surface area contributed by atoms with Gasteiger partial charge >= 0.3 is 0 Å². The minimum Gasteiger partial charge on any atom is -0.352 e. The topological polar surface area (TPSA) is 118 Å². The van der Waals surface area contributed by atoms with Crippen LogP contribution in [0.1, 0.15) is 13.8 Å². The van der Waals surface area contributed by atoms with Gasteiger partial charge in [0.05, 0.1) is 0 Å². The molecule has 1 aliphatic rings. The molecule has 1 fully saturated rings. The van der Waals surface area contributed by atoms with Gasteiger partial charge in [-0.3, -0.25) is 9.59 Å². The fourth-order valence-corrected chi connectivity index (χ4v) is 3.56. The molecule has 1 saturated heterocycles. The molecule has 0 unspecified atom stereocenters. The monoisotopic (exact) mass is 443 g/mol. The third-order valence-electron chi connectivity index (χ3n) is 4.78. The number of amides is 1. The summed E-state index contributed by atoms with van der Waals surface area (Å²) in [5.41, 5.74) is 1.16. The predicted octanol–water partition coefficient (Wildman–Crippen LogP) is 2.32. The first kappa shape index (κ1) is 21.2. The van der Waals surface area contributed by atoms with Crippen LogP contribution in [0.15, 0.2) is 41.3 Å². The molecule has 31 heavy (non-hydrogen) atoms. The Morgan fingerprint density at radius 2 is 2.10 bits per heavy atom. The van der Waals surface area contributed by atoms with Crippen molar-refractivity contribution in [1.82, 2.24) is 20.3 Å². The fourth-order valence-electron chi connectivity index (χ4n) is 3.32. The van der Waals surface area contributed by atoms with E-state index in [1.165, 1.54) is 0 Å². The molecule has 9 nitrogen and oxygen atoms in total. The molecule has 2 aromatic heterocycles. The zero-order valence-corrected chi connectivity index (χ0v) is 17.8. The Bertz CT molecular complexity index is 1170. The van der Waals surface area contributed by atoms with Crippen LogP contribution in [0.25, 0.3) is 22.2 Å². The molecular formula is C21H22ClN5O4. The van der Waals surface area contributed by atoms with Gasteiger partial charge in [-0.15, -0.1) is 0 Å². The first-order valence-corrected chi connectivity index (χ1v) is 10.2. The summed E-state index contributed by atoms with van der Waals surface area (Å²) in [6.45, 7) is 4.06. The maximum Gasteiger partial charge on any atom is 0.257 e. The molecule has 0 saturated carbocycles. The number of aromatic nitrogens is 3. The Labute approximate surface area is 183 Å². The van der Waals surface area contributed by atoms with Crippen LogP contribution in [0.3, 0.4) is 0 Å². The summed E-state index contributed by atoms with van der Waals surface area (Å²) < 4.78 is 10.9. The predicted molar refractivity (Wildman–Crippen MR) is 117 cm³/mol. The largest absolute Gasteiger partial charge is 0.352 e. The number of aromatic amines is 1. The molecule has 0 spiro atoms. The molecule has 0 radical (unpaired) electrons. The smallest absolute Gasteiger partial charge is 0.257 e. The molecule has 0 aliphatic carbocycles. The number of halogens is 1. The summed E-state index contributed by atoms with van der Waals surface area (Å²) >= 11 is 6.23. The number of anilines is 1. The summed E-state index contributed by atoms with van der Waals surface area (Å²) in [5, 5.41) is 7.00. The van der Waals surface area contributed by atoms with Crippen molar-refractivity contribution in [2.45, 2.75) is 32.1 Å². The SMILES string of the molecule is CC(C)NC(=O)[C@@H]1OCO[C@H]1CNc1ncc2cc(-c3ccccc3Cl)c(=O)[nH]c2n1. The number of hydrogen-bond acceptors (Lipinski definition) is 7. The highest BCUT2D eigenvalue weighted by Crippen LogP contribution is 2.26. The number of rotatable bonds is 6. The first-order chi connectivity index (χ1) is 14.9. The van der Waals surface area contributed by atoms with E-state index in [2.05, 4.69) is 25.6 Å². The first-order valence-electron chi connectivity index (χ1n) is 9.85. The van der Waals surface area contributed by atoms with Crippen LogP contribution in [0.5, 0.6) is 0 Å². The molecule has 3 heterocycles. The molecule has 162 valence electrons. The van der Waals surface area contributed by atoms with Crippen LogP contribution in [-0.2, 0) is 14.3 Å². The van der Waals surface area contributed by atoms with E-state index in [0.29, 0.717) is 33.1 Å². The van der Waals surface area contributed by atoms with Gasteiger partial charge in [0.15, 0.2) is 6.10 Å². The lowest BCUT2D eigenvalue weighted by Gasteiger charge is -2.18. The van der Waals surface area contributed by atoms with E-state index in [4.69, 9.17) is 21.1 Å². The Hall–Kier alpha value is -3.01. The molecule has 4 rings (SSSR count). The summed E-state index contributed by atoms with van der Waals surface area (Å²) in [5.74, 6) is 0.0716. The zero-order valence-electron chi connectivity index (χ0n) is 17.0. The van der Waals surface area contributed by atoms with E-state index in [1.807, 2.05) is 19.9 Å². The third kappa shape index (κ3) is 4.68. The van der Waals surface area contributed by atoms with Crippen molar-refractivity contribution in [2.24, 2.45) is 0 Å². The van der Waals surface area contributed by atoms with Gasteiger partial charge in [0.1, 0.15) is 18.5 Å². The van der Waals surface area contributed by atoms with Crippen LogP contribution in [0.4, 0.5) is 5.95 Å². The molecule has 10 heteroatoms. The number of hydrogen-bond donors (Lipinski definition) is 3. The van der Waals surface area contributed by atoms with Gasteiger partial charge in [0, 0.05) is 40.3 Å². The number of nitrogens with one attached hydrogen (secondary N) is 3. The summed E-state index contributed by atoms with van der Waals surface area (Å²) in [6, 6.07) is 8.84. The van der Waals surface area contributed by atoms with Gasteiger partial charge in [-0.2, -0.15) is 4.98 Å². The van der Waals surface area contributed by atoms with Crippen LogP contribution in [0, 0.1) is 0 Å². The zero-order chi connectivity index (χ0) is 22.0. The lowest BCUT2D eigenvalue weighted by molar-refractivity contribution is -0.130. The maximum absolute atomic E-state index is 12.6. The van der Waals surface area contributed by atoms with Gasteiger partial charge in [-0.1, -0.05) is 29.8 Å². The number of fused-ring (bicyclic) bond motifs is 1. The van der Waals surface area contributed by atoms with Crippen molar-refractivity contribution in [3.05, 3.63) is 51.9 Å². The van der Waals surface area contributed by atoms with Crippen molar-refractivity contribution in [3.8, 4) is 11.1 Å². The summed E-state index contributed by atoms with van der Waals surface area (Å²) in [6.07, 6.45) is 0.406. The molecule has 3 aromatic rings. The van der Waals surface area contributed by atoms with Gasteiger partial charge in [0.2, 0.25) is 5.95 Å². The third-order valence-corrected chi connectivity index (χ3v) is 5.11. The number of nitrogens with zero attached hydrogens (tertiary/aromatic N) is 2. The minimum atomic E-state index is -0.714. The quantitative estimate of drug-likeness (QED) is 0.535. The van der Waals surface area contributed by atoms with E-state index < -0.39 is 12.2 Å². The molecule has 1 aliphatic heterocycles. The van der Waals surface area contributed by atoms with Crippen LogP contribution < -0.4 is 16.2 Å². The normalized spacial score (nSPS) is 18.5. The molecule has 1 aromatic carbocycles. The molecule has 2 atom stereocenters. The average Bonchev–Trinajstić information content (AvgIpc) is 3.20. The van der Waals surface area contributed by atoms with E-state index in [9.17, 15) is 9.59 Å². The van der Waals surface area contributed by atoms with Crippen molar-refractivity contribution in [2.75, 3.05) is 18.7 Å². The number of pyridine rings is 1. The van der Waals surface area contributed by atoms with Gasteiger partial charge in [-0.25, -0.2) is 4.98 Å². The van der Waals surface area contributed by atoms with Gasteiger partial charge < -0.3 is 25.1 Å². The highest BCUT2D eigenvalue weighted by atomic mass is 35.5. The second kappa shape index (κ2) is 9.01. The standard InChI is InChI=1S/C21H22ClN5O4/c1-11(2)25-20(29)17-16(30-10-31-17)9-24-21-23-8-12-7-14(19(28)26-18(12)27-21)13-5-3-4-6-15(13)22/h3-8,11,16-17H,9-10H2,1-2H3,(H,25,29)(H2,23,24,26,27,28)/t16-,17+/m0/s1. The Kier molecular flexibility index (Phi) is 6.17. The van der Waals surface area contributed by atoms with E-state index >= 15 is 0 Å². The van der Waals surface area contributed by atoms with Crippen LogP contribution in [-0.4, -0.2) is 52.4 Å². The summed E-state index contributed by atoms with van der Waals surface area (Å²) in [7, 11) is 0. The lowest BCUT2D eigenvalue weighted by Crippen LogP contribution is -2.45. The number of carbonyl (C=O) groups is 1. The van der Waals surface area contributed by atoms with Gasteiger partial charge in [0.25, 0.3) is 11.5 Å². The Morgan fingerprint density at radius 1 is 1.29 bits per heavy atom. The van der Waals surface area contributed by atoms with Crippen molar-refractivity contribution < 1.29 is 14.3 Å². The highest BCUT2D eigenvalue weighted by Gasteiger charge is 2.35. The fraction of sp³-hybridized carbons (Fsp3) is 0.333. The van der Waals surface area contributed by atoms with Crippen LogP contribution >= 0.6 is 11.6 Å². The average molecular weight is 444 g/mol. The Morgan fingerprint density at radius 3 is 2.87 bits per heavy atom. The van der Waals surface area contributed by atoms with E-state index in [-0.39, 0.29) is 30.8 Å². The highest BCUT2D eigenvalue weighted by molar-refractivity contribution is 6.33. The van der Waals surface area contributed by atoms with E-state index in [0.717, 1.165) is 0 Å². The van der Waals surface area contributed by atoms with E-state index in [1.54, 1.807) is 30.5 Å². The molecule has 3 N–H and O–H groups in total. The van der Waals surface area contributed by atoms with Crippen LogP contribution in [0.2, 0.25) is 5.02 Å². The van der Waals surface area contributed by atoms with Gasteiger partial charge in [-0.05, 0) is 26.0 Å². The number of carbonyl (C=O) groups excluding carboxylic acids is 1. The lowest BCUT2D eigenvalue weighted by atomic mass is 10.1. The molecular weight excluding hydrogens is 422 g/mol. The summed E-state index contributed by atoms with van der Waals surface area (Å²) in [4.78, 5) is 36.3. The van der Waals surface area contributed by atoms with Crippen molar-refractivity contribution >= 4 is 34.5 Å². The second-order valence-corrected chi connectivity index (χ2v) is 7.85.